The molecule has 0 aromatic rings. The maximum Gasteiger partial charge on any atom is 0.239 e. The highest BCUT2D eigenvalue weighted by atomic mass is 32.2. The van der Waals surface area contributed by atoms with Crippen LogP contribution < -0.4 is 0 Å². The fourth-order valence-electron chi connectivity index (χ4n) is 1.09. The number of aliphatic hydroxyl groups is 1. The molecular formula is C8H13NO3S. The molecule has 1 aliphatic heterocycles. The first-order chi connectivity index (χ1) is 6.11. The number of nitrogens with zero attached hydrogens (tertiary/aromatic N) is 1. The van der Waals surface area contributed by atoms with E-state index in [9.17, 15) is 9.59 Å². The molecule has 0 radical (unpaired) electrons. The third kappa shape index (κ3) is 3.00. The van der Waals surface area contributed by atoms with Gasteiger partial charge in [-0.3, -0.25) is 14.5 Å². The number of thioether (sulfide) groups is 1. The zero-order valence-corrected chi connectivity index (χ0v) is 8.34. The van der Waals surface area contributed by atoms with Crippen LogP contribution >= 0.6 is 11.8 Å². The molecule has 1 fully saturated rings. The SMILES string of the molecule is CC(O)CCN1C(=O)CSCC1=O. The van der Waals surface area contributed by atoms with Crippen LogP contribution in [0.15, 0.2) is 0 Å². The van der Waals surface area contributed by atoms with Crippen molar-refractivity contribution in [3.63, 3.8) is 0 Å². The van der Waals surface area contributed by atoms with Crippen LogP contribution in [0.5, 0.6) is 0 Å². The van der Waals surface area contributed by atoms with Crippen LogP contribution in [0.2, 0.25) is 0 Å². The number of aliphatic hydroxyl groups excluding tert-OH is 1. The maximum absolute atomic E-state index is 11.2. The van der Waals surface area contributed by atoms with Gasteiger partial charge in [0, 0.05) is 6.54 Å². The van der Waals surface area contributed by atoms with E-state index in [1.54, 1.807) is 6.92 Å². The highest BCUT2D eigenvalue weighted by molar-refractivity contribution is 8.00. The molecule has 0 bridgehead atoms. The largest absolute Gasteiger partial charge is 0.393 e. The van der Waals surface area contributed by atoms with E-state index in [4.69, 9.17) is 5.11 Å². The third-order valence-corrected chi connectivity index (χ3v) is 2.73. The fourth-order valence-corrected chi connectivity index (χ4v) is 1.85. The van der Waals surface area contributed by atoms with Crippen molar-refractivity contribution in [2.45, 2.75) is 19.4 Å². The molecule has 0 spiro atoms. The van der Waals surface area contributed by atoms with Gasteiger partial charge in [-0.15, -0.1) is 11.8 Å². The van der Waals surface area contributed by atoms with E-state index in [1.165, 1.54) is 16.7 Å². The van der Waals surface area contributed by atoms with Gasteiger partial charge in [-0.2, -0.15) is 0 Å². The van der Waals surface area contributed by atoms with Crippen molar-refractivity contribution in [1.82, 2.24) is 4.90 Å². The quantitative estimate of drug-likeness (QED) is 0.649. The molecule has 1 unspecified atom stereocenters. The van der Waals surface area contributed by atoms with Crippen LogP contribution in [0, 0.1) is 0 Å². The molecule has 74 valence electrons. The van der Waals surface area contributed by atoms with Crippen LogP contribution in [0.4, 0.5) is 0 Å². The minimum absolute atomic E-state index is 0.137. The van der Waals surface area contributed by atoms with Crippen molar-refractivity contribution in [3.05, 3.63) is 0 Å². The highest BCUT2D eigenvalue weighted by Crippen LogP contribution is 2.12. The van der Waals surface area contributed by atoms with E-state index in [1.807, 2.05) is 0 Å². The Morgan fingerprint density at radius 3 is 2.46 bits per heavy atom. The molecular weight excluding hydrogens is 190 g/mol. The Labute approximate surface area is 81.3 Å². The first-order valence-corrected chi connectivity index (χ1v) is 5.35. The standard InChI is InChI=1S/C8H13NO3S/c1-6(10)2-3-9-7(11)4-13-5-8(9)12/h6,10H,2-5H2,1H3. The smallest absolute Gasteiger partial charge is 0.239 e. The maximum atomic E-state index is 11.2. The molecule has 1 N–H and O–H groups in total. The molecule has 1 heterocycles. The molecule has 0 saturated carbocycles. The van der Waals surface area contributed by atoms with Crippen molar-refractivity contribution in [2.75, 3.05) is 18.1 Å². The van der Waals surface area contributed by atoms with Crippen LogP contribution in [0.1, 0.15) is 13.3 Å². The number of carbonyl (C=O) groups is 2. The molecule has 1 aliphatic rings. The van der Waals surface area contributed by atoms with Crippen molar-refractivity contribution in [3.8, 4) is 0 Å². The van der Waals surface area contributed by atoms with Crippen LogP contribution in [0.3, 0.4) is 0 Å². The van der Waals surface area contributed by atoms with Gasteiger partial charge >= 0.3 is 0 Å². The Bertz CT molecular complexity index is 201. The van der Waals surface area contributed by atoms with E-state index in [2.05, 4.69) is 0 Å². The average molecular weight is 203 g/mol. The van der Waals surface area contributed by atoms with E-state index in [-0.39, 0.29) is 11.8 Å². The molecule has 5 heteroatoms. The van der Waals surface area contributed by atoms with E-state index >= 15 is 0 Å². The lowest BCUT2D eigenvalue weighted by atomic mass is 10.2. The molecule has 2 amide bonds. The number of hydrogen-bond acceptors (Lipinski definition) is 4. The monoisotopic (exact) mass is 203 g/mol. The first kappa shape index (κ1) is 10.5. The van der Waals surface area contributed by atoms with Crippen molar-refractivity contribution in [1.29, 1.82) is 0 Å². The number of hydrogen-bond donors (Lipinski definition) is 1. The molecule has 1 atom stereocenters. The van der Waals surface area contributed by atoms with E-state index in [0.717, 1.165) is 0 Å². The molecule has 0 aromatic carbocycles. The number of rotatable bonds is 3. The van der Waals surface area contributed by atoms with Gasteiger partial charge in [0.2, 0.25) is 11.8 Å². The lowest BCUT2D eigenvalue weighted by molar-refractivity contribution is -0.142. The fraction of sp³-hybridized carbons (Fsp3) is 0.750. The van der Waals surface area contributed by atoms with Crippen LogP contribution in [-0.2, 0) is 9.59 Å². The molecule has 1 saturated heterocycles. The molecule has 1 rings (SSSR count). The third-order valence-electron chi connectivity index (χ3n) is 1.82. The summed E-state index contributed by atoms with van der Waals surface area (Å²) in [4.78, 5) is 23.7. The summed E-state index contributed by atoms with van der Waals surface area (Å²) in [6, 6.07) is 0. The lowest BCUT2D eigenvalue weighted by Gasteiger charge is -2.24. The second-order valence-electron chi connectivity index (χ2n) is 3.07. The van der Waals surface area contributed by atoms with Crippen molar-refractivity contribution in [2.24, 2.45) is 0 Å². The Morgan fingerprint density at radius 2 is 2.00 bits per heavy atom. The van der Waals surface area contributed by atoms with Gasteiger partial charge in [-0.05, 0) is 13.3 Å². The molecule has 13 heavy (non-hydrogen) atoms. The topological polar surface area (TPSA) is 57.6 Å². The molecule has 0 aromatic heterocycles. The first-order valence-electron chi connectivity index (χ1n) is 4.20. The normalized spacial score (nSPS) is 20.6. The second kappa shape index (κ2) is 4.62. The summed E-state index contributed by atoms with van der Waals surface area (Å²) in [5.41, 5.74) is 0. The van der Waals surface area contributed by atoms with E-state index in [0.29, 0.717) is 24.5 Å². The van der Waals surface area contributed by atoms with Crippen molar-refractivity contribution < 1.29 is 14.7 Å². The predicted molar refractivity (Wildman–Crippen MR) is 50.3 cm³/mol. The summed E-state index contributed by atoms with van der Waals surface area (Å²) in [6.07, 6.45) is -0.00233. The van der Waals surface area contributed by atoms with Gasteiger partial charge in [0.15, 0.2) is 0 Å². The van der Waals surface area contributed by atoms with Gasteiger partial charge in [-0.25, -0.2) is 0 Å². The minimum atomic E-state index is -0.463. The Morgan fingerprint density at radius 1 is 1.46 bits per heavy atom. The Hall–Kier alpha value is -0.550. The van der Waals surface area contributed by atoms with Gasteiger partial charge < -0.3 is 5.11 Å². The van der Waals surface area contributed by atoms with Gasteiger partial charge in [0.25, 0.3) is 0 Å². The summed E-state index contributed by atoms with van der Waals surface area (Å²) in [5.74, 6) is 0.487. The summed E-state index contributed by atoms with van der Waals surface area (Å²) >= 11 is 1.35. The molecule has 4 nitrogen and oxygen atoms in total. The number of imide groups is 1. The van der Waals surface area contributed by atoms with Crippen LogP contribution in [-0.4, -0.2) is 46.0 Å². The van der Waals surface area contributed by atoms with E-state index < -0.39 is 6.10 Å². The summed E-state index contributed by atoms with van der Waals surface area (Å²) in [6.45, 7) is 1.99. The number of carbonyl (C=O) groups excluding carboxylic acids is 2. The minimum Gasteiger partial charge on any atom is -0.393 e. The zero-order chi connectivity index (χ0) is 9.84. The predicted octanol–water partition coefficient (Wildman–Crippen LogP) is -0.141. The summed E-state index contributed by atoms with van der Waals surface area (Å²) in [7, 11) is 0. The highest BCUT2D eigenvalue weighted by Gasteiger charge is 2.25. The van der Waals surface area contributed by atoms with Gasteiger partial charge in [0.05, 0.1) is 17.6 Å². The average Bonchev–Trinajstić information content (AvgIpc) is 2.03. The molecule has 0 aliphatic carbocycles. The van der Waals surface area contributed by atoms with Crippen LogP contribution in [0.25, 0.3) is 0 Å². The summed E-state index contributed by atoms with van der Waals surface area (Å²) < 4.78 is 0. The van der Waals surface area contributed by atoms with Gasteiger partial charge in [0.1, 0.15) is 0 Å². The Balaban J connectivity index is 2.44. The van der Waals surface area contributed by atoms with Gasteiger partial charge in [-0.1, -0.05) is 0 Å². The second-order valence-corrected chi connectivity index (χ2v) is 4.06. The number of amides is 2. The zero-order valence-electron chi connectivity index (χ0n) is 7.52. The van der Waals surface area contributed by atoms with Crippen molar-refractivity contribution >= 4 is 23.6 Å². The summed E-state index contributed by atoms with van der Waals surface area (Å²) in [5, 5.41) is 9.00. The lowest BCUT2D eigenvalue weighted by Crippen LogP contribution is -2.44. The Kier molecular flexibility index (Phi) is 3.74.